The molecule has 1 heterocycles. The van der Waals surface area contributed by atoms with Crippen molar-refractivity contribution in [3.63, 3.8) is 0 Å². The predicted octanol–water partition coefficient (Wildman–Crippen LogP) is 2.28. The topological polar surface area (TPSA) is 54.7 Å². The van der Waals surface area contributed by atoms with Gasteiger partial charge in [0.1, 0.15) is 0 Å². The van der Waals surface area contributed by atoms with E-state index in [1.165, 1.54) is 5.57 Å². The van der Waals surface area contributed by atoms with Gasteiger partial charge in [-0.05, 0) is 26.3 Å². The number of hydrogen-bond acceptors (Lipinski definition) is 2. The van der Waals surface area contributed by atoms with Crippen molar-refractivity contribution < 1.29 is 0 Å². The first kappa shape index (κ1) is 9.58. The Morgan fingerprint density at radius 1 is 1.69 bits per heavy atom. The largest absolute Gasteiger partial charge is 0.369 e. The zero-order valence-corrected chi connectivity index (χ0v) is 8.09. The highest BCUT2D eigenvalue weighted by Crippen LogP contribution is 2.12. The third kappa shape index (κ3) is 2.47. The highest BCUT2D eigenvalue weighted by molar-refractivity contribution is 5.53. The van der Waals surface area contributed by atoms with Crippen LogP contribution in [0.4, 0.5) is 5.95 Å². The van der Waals surface area contributed by atoms with E-state index >= 15 is 0 Å². The monoisotopic (exact) mass is 177 g/mol. The van der Waals surface area contributed by atoms with Gasteiger partial charge in [0.2, 0.25) is 0 Å². The number of aromatic amines is 1. The molecule has 1 aromatic heterocycles. The summed E-state index contributed by atoms with van der Waals surface area (Å²) in [7, 11) is 0. The van der Waals surface area contributed by atoms with Crippen molar-refractivity contribution in [2.45, 2.75) is 20.3 Å². The zero-order valence-electron chi connectivity index (χ0n) is 8.09. The maximum absolute atomic E-state index is 5.51. The van der Waals surface area contributed by atoms with Crippen LogP contribution in [0.5, 0.6) is 0 Å². The SMILES string of the molecule is C=CC/C(C)=C/c1nc(N)[nH]c1C. The van der Waals surface area contributed by atoms with Crippen LogP contribution in [0.3, 0.4) is 0 Å². The van der Waals surface area contributed by atoms with Crippen LogP contribution < -0.4 is 5.73 Å². The van der Waals surface area contributed by atoms with Crippen LogP contribution in [0.25, 0.3) is 6.08 Å². The van der Waals surface area contributed by atoms with Crippen molar-refractivity contribution in [3.05, 3.63) is 29.6 Å². The number of nitrogen functional groups attached to an aromatic ring is 1. The lowest BCUT2D eigenvalue weighted by Gasteiger charge is -1.93. The number of nitrogens with one attached hydrogen (secondary N) is 1. The number of imidazole rings is 1. The maximum atomic E-state index is 5.51. The second kappa shape index (κ2) is 3.94. The molecule has 0 unspecified atom stereocenters. The molecule has 1 aromatic rings. The van der Waals surface area contributed by atoms with Crippen LogP contribution in [0, 0.1) is 6.92 Å². The van der Waals surface area contributed by atoms with Crippen LogP contribution in [-0.2, 0) is 0 Å². The van der Waals surface area contributed by atoms with Gasteiger partial charge in [-0.25, -0.2) is 4.98 Å². The van der Waals surface area contributed by atoms with Crippen molar-refractivity contribution >= 4 is 12.0 Å². The van der Waals surface area contributed by atoms with E-state index in [-0.39, 0.29) is 0 Å². The molecule has 0 atom stereocenters. The van der Waals surface area contributed by atoms with Crippen molar-refractivity contribution in [2.75, 3.05) is 5.73 Å². The van der Waals surface area contributed by atoms with Crippen LogP contribution in [0.15, 0.2) is 18.2 Å². The molecule has 3 N–H and O–H groups in total. The molecule has 3 nitrogen and oxygen atoms in total. The summed E-state index contributed by atoms with van der Waals surface area (Å²) < 4.78 is 0. The molecule has 0 aliphatic rings. The number of nitrogens with two attached hydrogens (primary N) is 1. The molecule has 3 heteroatoms. The van der Waals surface area contributed by atoms with E-state index in [1.807, 2.05) is 26.0 Å². The van der Waals surface area contributed by atoms with Gasteiger partial charge in [0.05, 0.1) is 5.69 Å². The van der Waals surface area contributed by atoms with Crippen molar-refractivity contribution in [2.24, 2.45) is 0 Å². The van der Waals surface area contributed by atoms with Gasteiger partial charge in [-0.3, -0.25) is 0 Å². The molecule has 0 spiro atoms. The molecular weight excluding hydrogens is 162 g/mol. The van der Waals surface area contributed by atoms with Gasteiger partial charge in [0, 0.05) is 5.69 Å². The number of rotatable bonds is 3. The Hall–Kier alpha value is -1.51. The second-order valence-electron chi connectivity index (χ2n) is 3.12. The van der Waals surface area contributed by atoms with E-state index in [0.717, 1.165) is 17.8 Å². The van der Waals surface area contributed by atoms with E-state index < -0.39 is 0 Å². The first-order valence-corrected chi connectivity index (χ1v) is 4.23. The Morgan fingerprint density at radius 2 is 2.38 bits per heavy atom. The van der Waals surface area contributed by atoms with E-state index in [0.29, 0.717) is 5.95 Å². The zero-order chi connectivity index (χ0) is 9.84. The fourth-order valence-corrected chi connectivity index (χ4v) is 1.16. The molecule has 70 valence electrons. The van der Waals surface area contributed by atoms with Crippen molar-refractivity contribution in [1.82, 2.24) is 9.97 Å². The summed E-state index contributed by atoms with van der Waals surface area (Å²) in [4.78, 5) is 7.10. The summed E-state index contributed by atoms with van der Waals surface area (Å²) >= 11 is 0. The van der Waals surface area contributed by atoms with Gasteiger partial charge in [0.15, 0.2) is 5.95 Å². The molecule has 0 bridgehead atoms. The van der Waals surface area contributed by atoms with E-state index in [2.05, 4.69) is 16.5 Å². The molecule has 0 amide bonds. The number of H-pyrrole nitrogens is 1. The van der Waals surface area contributed by atoms with Gasteiger partial charge in [-0.2, -0.15) is 0 Å². The minimum atomic E-state index is 0.468. The Balaban J connectivity index is 2.89. The third-order valence-corrected chi connectivity index (χ3v) is 1.79. The van der Waals surface area contributed by atoms with Crippen LogP contribution in [0.1, 0.15) is 24.7 Å². The molecule has 0 aliphatic carbocycles. The summed E-state index contributed by atoms with van der Waals surface area (Å²) in [5.74, 6) is 0.468. The highest BCUT2D eigenvalue weighted by atomic mass is 15.0. The minimum Gasteiger partial charge on any atom is -0.369 e. The number of aryl methyl sites for hydroxylation is 1. The smallest absolute Gasteiger partial charge is 0.198 e. The van der Waals surface area contributed by atoms with Crippen LogP contribution >= 0.6 is 0 Å². The molecule has 0 saturated heterocycles. The molecule has 0 aliphatic heterocycles. The van der Waals surface area contributed by atoms with Gasteiger partial charge in [-0.1, -0.05) is 11.6 Å². The van der Waals surface area contributed by atoms with E-state index in [9.17, 15) is 0 Å². The normalized spacial score (nSPS) is 11.7. The quantitative estimate of drug-likeness (QED) is 0.696. The fraction of sp³-hybridized carbons (Fsp3) is 0.300. The summed E-state index contributed by atoms with van der Waals surface area (Å²) in [5.41, 5.74) is 8.65. The molecular formula is C10H15N3. The van der Waals surface area contributed by atoms with Gasteiger partial charge in [0.25, 0.3) is 0 Å². The molecule has 0 aromatic carbocycles. The summed E-state index contributed by atoms with van der Waals surface area (Å²) in [5, 5.41) is 0. The number of allylic oxidation sites excluding steroid dienone is 2. The molecule has 1 rings (SSSR count). The van der Waals surface area contributed by atoms with E-state index in [1.54, 1.807) is 0 Å². The standard InChI is InChI=1S/C10H15N3/c1-4-5-7(2)6-9-8(3)12-10(11)13-9/h4,6H,1,5H2,2-3H3,(H3,11,12,13)/b7-6+. The lowest BCUT2D eigenvalue weighted by atomic mass is 10.1. The average Bonchev–Trinajstić information content (AvgIpc) is 2.30. The summed E-state index contributed by atoms with van der Waals surface area (Å²) in [6, 6.07) is 0. The van der Waals surface area contributed by atoms with Gasteiger partial charge >= 0.3 is 0 Å². The lowest BCUT2D eigenvalue weighted by Crippen LogP contribution is -1.85. The van der Waals surface area contributed by atoms with E-state index in [4.69, 9.17) is 5.73 Å². The average molecular weight is 177 g/mol. The second-order valence-corrected chi connectivity index (χ2v) is 3.12. The third-order valence-electron chi connectivity index (χ3n) is 1.79. The number of hydrogen-bond donors (Lipinski definition) is 2. The highest BCUT2D eigenvalue weighted by Gasteiger charge is 2.00. The lowest BCUT2D eigenvalue weighted by molar-refractivity contribution is 1.22. The first-order valence-electron chi connectivity index (χ1n) is 4.23. The van der Waals surface area contributed by atoms with Crippen LogP contribution in [0.2, 0.25) is 0 Å². The Morgan fingerprint density at radius 3 is 2.85 bits per heavy atom. The van der Waals surface area contributed by atoms with Crippen LogP contribution in [-0.4, -0.2) is 9.97 Å². The molecule has 13 heavy (non-hydrogen) atoms. The van der Waals surface area contributed by atoms with Crippen molar-refractivity contribution in [3.8, 4) is 0 Å². The molecule has 0 fully saturated rings. The first-order chi connectivity index (χ1) is 6.13. The number of nitrogens with zero attached hydrogens (tertiary/aromatic N) is 1. The number of aromatic nitrogens is 2. The Bertz CT molecular complexity index is 334. The summed E-state index contributed by atoms with van der Waals surface area (Å²) in [6.45, 7) is 7.68. The summed E-state index contributed by atoms with van der Waals surface area (Å²) in [6.07, 6.45) is 4.77. The Labute approximate surface area is 78.4 Å². The van der Waals surface area contributed by atoms with Gasteiger partial charge in [-0.15, -0.1) is 6.58 Å². The fourth-order valence-electron chi connectivity index (χ4n) is 1.16. The van der Waals surface area contributed by atoms with Crippen molar-refractivity contribution in [1.29, 1.82) is 0 Å². The van der Waals surface area contributed by atoms with Gasteiger partial charge < -0.3 is 10.7 Å². The minimum absolute atomic E-state index is 0.468. The predicted molar refractivity (Wildman–Crippen MR) is 56.2 cm³/mol. The number of anilines is 1. The maximum Gasteiger partial charge on any atom is 0.198 e. The molecule has 0 saturated carbocycles. The molecule has 0 radical (unpaired) electrons. The Kier molecular flexibility index (Phi) is 2.90.